The average molecular weight is 221 g/mol. The molecule has 5 heteroatoms. The molecule has 78 valence electrons. The summed E-state index contributed by atoms with van der Waals surface area (Å²) in [6.45, 7) is 1.93. The predicted octanol–water partition coefficient (Wildman–Crippen LogP) is 2.57. The molecule has 0 saturated carbocycles. The lowest BCUT2D eigenvalue weighted by molar-refractivity contribution is 0.527. The lowest BCUT2D eigenvalue weighted by Gasteiger charge is -2.01. The molecule has 0 amide bonds. The van der Waals surface area contributed by atoms with Gasteiger partial charge in [-0.1, -0.05) is 11.8 Å². The van der Waals surface area contributed by atoms with Gasteiger partial charge in [0.2, 0.25) is 0 Å². The summed E-state index contributed by atoms with van der Waals surface area (Å²) in [5.74, 6) is 1.72. The second-order valence-electron chi connectivity index (χ2n) is 2.93. The molecule has 2 aromatic rings. The normalized spacial score (nSPS) is 10.3. The molecule has 2 aromatic heterocycles. The summed E-state index contributed by atoms with van der Waals surface area (Å²) in [4.78, 5) is 9.30. The fourth-order valence-corrected chi connectivity index (χ4v) is 1.94. The van der Waals surface area contributed by atoms with Crippen LogP contribution in [0.25, 0.3) is 0 Å². The maximum Gasteiger partial charge on any atom is 0.130 e. The zero-order chi connectivity index (χ0) is 10.7. The lowest BCUT2D eigenvalue weighted by Crippen LogP contribution is -1.93. The minimum absolute atomic E-state index is 0.814. The van der Waals surface area contributed by atoms with Crippen molar-refractivity contribution in [2.24, 2.45) is 0 Å². The second-order valence-corrected chi connectivity index (χ2v) is 4.00. The molecule has 0 atom stereocenters. The van der Waals surface area contributed by atoms with E-state index >= 15 is 0 Å². The molecule has 0 spiro atoms. The number of nitrogens with zero attached hydrogens (tertiary/aromatic N) is 2. The summed E-state index contributed by atoms with van der Waals surface area (Å²) in [5, 5.41) is 3.88. The van der Waals surface area contributed by atoms with Crippen LogP contribution >= 0.6 is 11.8 Å². The average Bonchev–Trinajstić information content (AvgIpc) is 2.65. The Balaban J connectivity index is 2.21. The van der Waals surface area contributed by atoms with E-state index in [1.54, 1.807) is 24.4 Å². The van der Waals surface area contributed by atoms with Gasteiger partial charge in [-0.25, -0.2) is 9.97 Å². The van der Waals surface area contributed by atoms with Gasteiger partial charge in [0.15, 0.2) is 0 Å². The van der Waals surface area contributed by atoms with Crippen LogP contribution < -0.4 is 5.32 Å². The standard InChI is InChI=1S/C10H11N3OS/c1-7-8(3-4-14-7)15-10-5-9(11-2)12-6-13-10/h3-6H,1-2H3,(H,11,12,13). The van der Waals surface area contributed by atoms with Crippen molar-refractivity contribution in [3.63, 3.8) is 0 Å². The first-order valence-corrected chi connectivity index (χ1v) is 5.33. The Morgan fingerprint density at radius 3 is 2.93 bits per heavy atom. The number of anilines is 1. The zero-order valence-corrected chi connectivity index (χ0v) is 9.34. The van der Waals surface area contributed by atoms with Gasteiger partial charge in [0.25, 0.3) is 0 Å². The van der Waals surface area contributed by atoms with Crippen molar-refractivity contribution in [2.75, 3.05) is 12.4 Å². The van der Waals surface area contributed by atoms with E-state index in [1.165, 1.54) is 0 Å². The highest BCUT2D eigenvalue weighted by Crippen LogP contribution is 2.29. The Bertz CT molecular complexity index is 455. The summed E-state index contributed by atoms with van der Waals surface area (Å²) in [6.07, 6.45) is 3.22. The van der Waals surface area contributed by atoms with Crippen LogP contribution in [0.15, 0.2) is 39.1 Å². The van der Waals surface area contributed by atoms with E-state index in [2.05, 4.69) is 15.3 Å². The van der Waals surface area contributed by atoms with E-state index in [1.807, 2.05) is 26.1 Å². The van der Waals surface area contributed by atoms with Gasteiger partial charge in [0.05, 0.1) is 11.2 Å². The first-order chi connectivity index (χ1) is 7.29. The molecule has 0 saturated heterocycles. The smallest absolute Gasteiger partial charge is 0.130 e. The third-order valence-electron chi connectivity index (χ3n) is 1.92. The molecular weight excluding hydrogens is 210 g/mol. The largest absolute Gasteiger partial charge is 0.468 e. The van der Waals surface area contributed by atoms with Crippen LogP contribution in [0.3, 0.4) is 0 Å². The molecule has 4 nitrogen and oxygen atoms in total. The zero-order valence-electron chi connectivity index (χ0n) is 8.52. The SMILES string of the molecule is CNc1cc(Sc2ccoc2C)ncn1. The summed E-state index contributed by atoms with van der Waals surface area (Å²) in [7, 11) is 1.83. The number of aryl methyl sites for hydroxylation is 1. The Morgan fingerprint density at radius 1 is 1.40 bits per heavy atom. The number of nitrogens with one attached hydrogen (secondary N) is 1. The van der Waals surface area contributed by atoms with Gasteiger partial charge in [-0.2, -0.15) is 0 Å². The first-order valence-electron chi connectivity index (χ1n) is 4.51. The minimum Gasteiger partial charge on any atom is -0.468 e. The third-order valence-corrected chi connectivity index (χ3v) is 3.00. The van der Waals surface area contributed by atoms with Crippen LogP contribution in [-0.4, -0.2) is 17.0 Å². The van der Waals surface area contributed by atoms with Crippen LogP contribution in [-0.2, 0) is 0 Å². The Kier molecular flexibility index (Phi) is 2.91. The van der Waals surface area contributed by atoms with Gasteiger partial charge in [-0.3, -0.25) is 0 Å². The van der Waals surface area contributed by atoms with Gasteiger partial charge in [-0.05, 0) is 13.0 Å². The maximum atomic E-state index is 5.21. The molecule has 0 aliphatic rings. The molecule has 0 aromatic carbocycles. The molecule has 0 aliphatic carbocycles. The van der Waals surface area contributed by atoms with Crippen molar-refractivity contribution in [3.8, 4) is 0 Å². The number of hydrogen-bond donors (Lipinski definition) is 1. The summed E-state index contributed by atoms with van der Waals surface area (Å²) in [5.41, 5.74) is 0. The molecular formula is C10H11N3OS. The third kappa shape index (κ3) is 2.30. The van der Waals surface area contributed by atoms with Gasteiger partial charge in [0, 0.05) is 13.1 Å². The van der Waals surface area contributed by atoms with E-state index in [0.29, 0.717) is 0 Å². The van der Waals surface area contributed by atoms with Crippen molar-refractivity contribution in [1.29, 1.82) is 0 Å². The highest BCUT2D eigenvalue weighted by Gasteiger charge is 2.05. The molecule has 0 fully saturated rings. The van der Waals surface area contributed by atoms with Crippen molar-refractivity contribution in [2.45, 2.75) is 16.8 Å². The maximum absolute atomic E-state index is 5.21. The molecule has 0 unspecified atom stereocenters. The molecule has 2 rings (SSSR count). The topological polar surface area (TPSA) is 51.0 Å². The van der Waals surface area contributed by atoms with Crippen LogP contribution in [0, 0.1) is 6.92 Å². The molecule has 0 bridgehead atoms. The van der Waals surface area contributed by atoms with Gasteiger partial charge < -0.3 is 9.73 Å². The van der Waals surface area contributed by atoms with Crippen LogP contribution in [0.1, 0.15) is 5.76 Å². The fraction of sp³-hybridized carbons (Fsp3) is 0.200. The summed E-state index contributed by atoms with van der Waals surface area (Å²) in [6, 6.07) is 3.83. The molecule has 1 N–H and O–H groups in total. The number of rotatable bonds is 3. The number of hydrogen-bond acceptors (Lipinski definition) is 5. The quantitative estimate of drug-likeness (QED) is 0.807. The molecule has 15 heavy (non-hydrogen) atoms. The fourth-order valence-electron chi connectivity index (χ4n) is 1.12. The molecule has 0 aliphatic heterocycles. The minimum atomic E-state index is 0.814. The van der Waals surface area contributed by atoms with E-state index in [9.17, 15) is 0 Å². The number of aromatic nitrogens is 2. The van der Waals surface area contributed by atoms with Crippen LogP contribution in [0.5, 0.6) is 0 Å². The van der Waals surface area contributed by atoms with Crippen LogP contribution in [0.2, 0.25) is 0 Å². The van der Waals surface area contributed by atoms with E-state index in [0.717, 1.165) is 21.5 Å². The Hall–Kier alpha value is -1.49. The Labute approximate surface area is 92.1 Å². The first kappa shape index (κ1) is 10.0. The summed E-state index contributed by atoms with van der Waals surface area (Å²) < 4.78 is 5.21. The van der Waals surface area contributed by atoms with Crippen molar-refractivity contribution < 1.29 is 4.42 Å². The van der Waals surface area contributed by atoms with Gasteiger partial charge in [0.1, 0.15) is 22.9 Å². The lowest BCUT2D eigenvalue weighted by atomic mass is 10.5. The number of furan rings is 1. The summed E-state index contributed by atoms with van der Waals surface area (Å²) >= 11 is 1.57. The van der Waals surface area contributed by atoms with Crippen molar-refractivity contribution in [3.05, 3.63) is 30.5 Å². The van der Waals surface area contributed by atoms with E-state index in [4.69, 9.17) is 4.42 Å². The van der Waals surface area contributed by atoms with Gasteiger partial charge >= 0.3 is 0 Å². The monoisotopic (exact) mass is 221 g/mol. The molecule has 0 radical (unpaired) electrons. The van der Waals surface area contributed by atoms with Gasteiger partial charge in [-0.15, -0.1) is 0 Å². The molecule has 2 heterocycles. The van der Waals surface area contributed by atoms with Crippen molar-refractivity contribution >= 4 is 17.6 Å². The predicted molar refractivity (Wildman–Crippen MR) is 59.1 cm³/mol. The highest BCUT2D eigenvalue weighted by molar-refractivity contribution is 7.99. The van der Waals surface area contributed by atoms with E-state index in [-0.39, 0.29) is 0 Å². The van der Waals surface area contributed by atoms with E-state index < -0.39 is 0 Å². The van der Waals surface area contributed by atoms with Crippen LogP contribution in [0.4, 0.5) is 5.82 Å². The Morgan fingerprint density at radius 2 is 2.27 bits per heavy atom. The highest BCUT2D eigenvalue weighted by atomic mass is 32.2. The van der Waals surface area contributed by atoms with Crippen molar-refractivity contribution in [1.82, 2.24) is 9.97 Å². The second kappa shape index (κ2) is 4.35.